The van der Waals surface area contributed by atoms with Gasteiger partial charge in [-0.2, -0.15) is 0 Å². The van der Waals surface area contributed by atoms with Crippen molar-refractivity contribution < 1.29 is 14.3 Å². The van der Waals surface area contributed by atoms with Gasteiger partial charge in [0.25, 0.3) is 5.91 Å². The molecule has 3 aromatic carbocycles. The van der Waals surface area contributed by atoms with Crippen LogP contribution in [0.2, 0.25) is 0 Å². The molecule has 0 saturated heterocycles. The van der Waals surface area contributed by atoms with Crippen LogP contribution in [0, 0.1) is 10.5 Å². The molecule has 5 heteroatoms. The van der Waals surface area contributed by atoms with Crippen LogP contribution in [-0.4, -0.2) is 20.1 Å². The second-order valence-electron chi connectivity index (χ2n) is 6.39. The highest BCUT2D eigenvalue weighted by Gasteiger charge is 2.20. The summed E-state index contributed by atoms with van der Waals surface area (Å²) in [7, 11) is 3.27. The van der Waals surface area contributed by atoms with Crippen LogP contribution >= 0.6 is 22.6 Å². The Balaban J connectivity index is 1.97. The van der Waals surface area contributed by atoms with Gasteiger partial charge in [0.05, 0.1) is 25.8 Å². The highest BCUT2D eigenvalue weighted by Crippen LogP contribution is 2.27. The molecule has 3 rings (SSSR count). The van der Waals surface area contributed by atoms with Gasteiger partial charge in [-0.05, 0) is 76.5 Å². The molecular weight excluding hydrogens is 465 g/mol. The van der Waals surface area contributed by atoms with E-state index in [1.807, 2.05) is 73.7 Å². The molecule has 144 valence electrons. The standard InChI is InChI=1S/C23H22INO3/c1-15-5-4-6-20(21(15)24)23(26)25-22(16-7-11-18(27-2)12-8-16)17-9-13-19(28-3)14-10-17/h4-14,22H,1-3H3,(H,25,26). The minimum absolute atomic E-state index is 0.107. The smallest absolute Gasteiger partial charge is 0.253 e. The second kappa shape index (κ2) is 9.10. The lowest BCUT2D eigenvalue weighted by atomic mass is 9.97. The number of amides is 1. The average molecular weight is 487 g/mol. The maximum absolute atomic E-state index is 13.1. The maximum atomic E-state index is 13.1. The van der Waals surface area contributed by atoms with Crippen molar-refractivity contribution in [2.75, 3.05) is 14.2 Å². The summed E-state index contributed by atoms with van der Waals surface area (Å²) in [5.74, 6) is 1.44. The van der Waals surface area contributed by atoms with E-state index in [0.29, 0.717) is 5.56 Å². The van der Waals surface area contributed by atoms with E-state index in [1.165, 1.54) is 0 Å². The molecule has 0 saturated carbocycles. The Morgan fingerprint density at radius 3 is 1.82 bits per heavy atom. The van der Waals surface area contributed by atoms with Crippen molar-refractivity contribution >= 4 is 28.5 Å². The highest BCUT2D eigenvalue weighted by molar-refractivity contribution is 14.1. The fraction of sp³-hybridized carbons (Fsp3) is 0.174. The zero-order valence-electron chi connectivity index (χ0n) is 16.0. The molecule has 0 aliphatic heterocycles. The number of aryl methyl sites for hydroxylation is 1. The summed E-state index contributed by atoms with van der Waals surface area (Å²) < 4.78 is 11.5. The summed E-state index contributed by atoms with van der Waals surface area (Å²) in [5, 5.41) is 3.18. The van der Waals surface area contributed by atoms with Crippen LogP contribution in [0.5, 0.6) is 11.5 Å². The van der Waals surface area contributed by atoms with E-state index in [4.69, 9.17) is 9.47 Å². The Morgan fingerprint density at radius 2 is 1.36 bits per heavy atom. The number of nitrogens with one attached hydrogen (secondary N) is 1. The molecule has 0 unspecified atom stereocenters. The highest BCUT2D eigenvalue weighted by atomic mass is 127. The summed E-state index contributed by atoms with van der Waals surface area (Å²) in [6, 6.07) is 20.9. The number of carbonyl (C=O) groups excluding carboxylic acids is 1. The van der Waals surface area contributed by atoms with Crippen molar-refractivity contribution in [1.29, 1.82) is 0 Å². The van der Waals surface area contributed by atoms with Gasteiger partial charge in [-0.1, -0.05) is 36.4 Å². The number of hydrogen-bond donors (Lipinski definition) is 1. The molecule has 0 aromatic heterocycles. The Bertz CT molecular complexity index is 905. The lowest BCUT2D eigenvalue weighted by Gasteiger charge is -2.21. The van der Waals surface area contributed by atoms with Gasteiger partial charge in [0, 0.05) is 3.57 Å². The summed E-state index contributed by atoms with van der Waals surface area (Å²) >= 11 is 2.22. The fourth-order valence-electron chi connectivity index (χ4n) is 2.98. The third kappa shape index (κ3) is 4.47. The van der Waals surface area contributed by atoms with Crippen molar-refractivity contribution in [3.8, 4) is 11.5 Å². The Morgan fingerprint density at radius 1 is 0.857 bits per heavy atom. The SMILES string of the molecule is COc1ccc(C(NC(=O)c2cccc(C)c2I)c2ccc(OC)cc2)cc1. The molecule has 0 aliphatic carbocycles. The maximum Gasteiger partial charge on any atom is 0.253 e. The first-order chi connectivity index (χ1) is 13.5. The zero-order valence-corrected chi connectivity index (χ0v) is 18.2. The van der Waals surface area contributed by atoms with Crippen LogP contribution in [0.1, 0.15) is 33.1 Å². The second-order valence-corrected chi connectivity index (χ2v) is 7.47. The fourth-order valence-corrected chi connectivity index (χ4v) is 3.59. The first-order valence-electron chi connectivity index (χ1n) is 8.87. The number of halogens is 1. The van der Waals surface area contributed by atoms with E-state index in [2.05, 4.69) is 27.9 Å². The van der Waals surface area contributed by atoms with E-state index >= 15 is 0 Å². The molecule has 0 aliphatic rings. The van der Waals surface area contributed by atoms with Gasteiger partial charge in [0.1, 0.15) is 11.5 Å². The summed E-state index contributed by atoms with van der Waals surface area (Å²) in [6.07, 6.45) is 0. The molecule has 0 heterocycles. The average Bonchev–Trinajstić information content (AvgIpc) is 2.74. The number of rotatable bonds is 6. The molecule has 0 atom stereocenters. The summed E-state index contributed by atoms with van der Waals surface area (Å²) in [4.78, 5) is 13.1. The Hall–Kier alpha value is -2.54. The molecule has 0 bridgehead atoms. The van der Waals surface area contributed by atoms with Gasteiger partial charge < -0.3 is 14.8 Å². The van der Waals surface area contributed by atoms with Crippen molar-refractivity contribution in [3.05, 3.63) is 92.6 Å². The molecule has 3 aromatic rings. The monoisotopic (exact) mass is 487 g/mol. The van der Waals surface area contributed by atoms with E-state index in [-0.39, 0.29) is 11.9 Å². The number of methoxy groups -OCH3 is 2. The van der Waals surface area contributed by atoms with Crippen LogP contribution in [0.3, 0.4) is 0 Å². The minimum atomic E-state index is -0.291. The van der Waals surface area contributed by atoms with E-state index < -0.39 is 0 Å². The van der Waals surface area contributed by atoms with Gasteiger partial charge in [0.15, 0.2) is 0 Å². The molecule has 0 spiro atoms. The number of hydrogen-bond acceptors (Lipinski definition) is 3. The molecule has 4 nitrogen and oxygen atoms in total. The van der Waals surface area contributed by atoms with Crippen molar-refractivity contribution in [2.45, 2.75) is 13.0 Å². The number of carbonyl (C=O) groups is 1. The first kappa shape index (κ1) is 20.2. The quantitative estimate of drug-likeness (QED) is 0.491. The van der Waals surface area contributed by atoms with Gasteiger partial charge in [0.2, 0.25) is 0 Å². The lowest BCUT2D eigenvalue weighted by molar-refractivity contribution is 0.0942. The molecule has 0 radical (unpaired) electrons. The summed E-state index contributed by atoms with van der Waals surface area (Å²) in [5.41, 5.74) is 3.70. The number of benzene rings is 3. The van der Waals surface area contributed by atoms with Crippen LogP contribution in [-0.2, 0) is 0 Å². The van der Waals surface area contributed by atoms with Gasteiger partial charge >= 0.3 is 0 Å². The topological polar surface area (TPSA) is 47.6 Å². The molecule has 0 fully saturated rings. The molecule has 1 amide bonds. The van der Waals surface area contributed by atoms with Crippen LogP contribution in [0.25, 0.3) is 0 Å². The zero-order chi connectivity index (χ0) is 20.1. The molecular formula is C23H22INO3. The number of ether oxygens (including phenoxy) is 2. The van der Waals surface area contributed by atoms with Gasteiger partial charge in [-0.25, -0.2) is 0 Å². The van der Waals surface area contributed by atoms with E-state index in [0.717, 1.165) is 31.8 Å². The third-order valence-corrected chi connectivity index (χ3v) is 6.04. The van der Waals surface area contributed by atoms with Crippen LogP contribution in [0.4, 0.5) is 0 Å². The Kier molecular flexibility index (Phi) is 6.57. The van der Waals surface area contributed by atoms with Crippen molar-refractivity contribution in [2.24, 2.45) is 0 Å². The van der Waals surface area contributed by atoms with E-state index in [1.54, 1.807) is 14.2 Å². The van der Waals surface area contributed by atoms with Crippen molar-refractivity contribution in [1.82, 2.24) is 5.32 Å². The molecule has 1 N–H and O–H groups in total. The third-order valence-electron chi connectivity index (χ3n) is 4.61. The summed E-state index contributed by atoms with van der Waals surface area (Å²) in [6.45, 7) is 2.00. The predicted octanol–water partition coefficient (Wildman–Crippen LogP) is 5.14. The lowest BCUT2D eigenvalue weighted by Crippen LogP contribution is -2.30. The minimum Gasteiger partial charge on any atom is -0.497 e. The van der Waals surface area contributed by atoms with Gasteiger partial charge in [-0.15, -0.1) is 0 Å². The van der Waals surface area contributed by atoms with Crippen molar-refractivity contribution in [3.63, 3.8) is 0 Å². The first-order valence-corrected chi connectivity index (χ1v) is 9.95. The normalized spacial score (nSPS) is 10.6. The molecule has 28 heavy (non-hydrogen) atoms. The van der Waals surface area contributed by atoms with Crippen LogP contribution < -0.4 is 14.8 Å². The predicted molar refractivity (Wildman–Crippen MR) is 119 cm³/mol. The van der Waals surface area contributed by atoms with Crippen LogP contribution in [0.15, 0.2) is 66.7 Å². The van der Waals surface area contributed by atoms with E-state index in [9.17, 15) is 4.79 Å². The Labute approximate surface area is 179 Å². The largest absolute Gasteiger partial charge is 0.497 e. The van der Waals surface area contributed by atoms with Gasteiger partial charge in [-0.3, -0.25) is 4.79 Å².